The Balaban J connectivity index is 1.61. The molecule has 1 saturated heterocycles. The van der Waals surface area contributed by atoms with E-state index in [1.807, 2.05) is 36.4 Å². The summed E-state index contributed by atoms with van der Waals surface area (Å²) >= 11 is 0. The molecule has 2 heterocycles. The highest BCUT2D eigenvalue weighted by Gasteiger charge is 2.44. The van der Waals surface area contributed by atoms with Gasteiger partial charge in [-0.2, -0.15) is 0 Å². The number of aliphatic hydroxyl groups is 1. The van der Waals surface area contributed by atoms with E-state index < -0.39 is 35.0 Å². The van der Waals surface area contributed by atoms with Crippen molar-refractivity contribution < 1.29 is 33.7 Å². The maximum absolute atomic E-state index is 14.0. The third-order valence-electron chi connectivity index (χ3n) is 8.30. The topological polar surface area (TPSA) is 126 Å². The van der Waals surface area contributed by atoms with Crippen LogP contribution in [-0.4, -0.2) is 79.5 Å². The van der Waals surface area contributed by atoms with Crippen molar-refractivity contribution in [3.05, 3.63) is 59.7 Å². The van der Waals surface area contributed by atoms with Crippen LogP contribution in [0.25, 0.3) is 0 Å². The van der Waals surface area contributed by atoms with Crippen LogP contribution in [0.5, 0.6) is 11.5 Å². The molecule has 0 spiro atoms. The van der Waals surface area contributed by atoms with Crippen molar-refractivity contribution in [1.82, 2.24) is 15.5 Å². The maximum atomic E-state index is 14.0. The molecule has 2 aliphatic rings. The molecule has 4 rings (SSSR count). The Morgan fingerprint density at radius 2 is 1.59 bits per heavy atom. The van der Waals surface area contributed by atoms with Crippen molar-refractivity contribution in [2.75, 3.05) is 40.0 Å². The van der Waals surface area contributed by atoms with Crippen molar-refractivity contribution in [2.45, 2.75) is 70.4 Å². The molecule has 0 unspecified atom stereocenters. The third kappa shape index (κ3) is 7.90. The Kier molecular flexibility index (Phi) is 10.9. The first-order chi connectivity index (χ1) is 21.0. The van der Waals surface area contributed by atoms with Crippen LogP contribution in [0.3, 0.4) is 0 Å². The summed E-state index contributed by atoms with van der Waals surface area (Å²) < 4.78 is 17.2. The summed E-state index contributed by atoms with van der Waals surface area (Å²) in [7, 11) is 1.69. The van der Waals surface area contributed by atoms with Gasteiger partial charge in [-0.3, -0.25) is 9.59 Å². The van der Waals surface area contributed by atoms with Crippen molar-refractivity contribution in [2.24, 2.45) is 11.8 Å². The first-order valence-corrected chi connectivity index (χ1v) is 15.5. The first-order valence-electron chi connectivity index (χ1n) is 15.5. The highest BCUT2D eigenvalue weighted by Crippen LogP contribution is 2.50. The highest BCUT2D eigenvalue weighted by molar-refractivity contribution is 5.84. The summed E-state index contributed by atoms with van der Waals surface area (Å²) in [4.78, 5) is 41.7. The fourth-order valence-electron chi connectivity index (χ4n) is 6.13. The fourth-order valence-corrected chi connectivity index (χ4v) is 6.13. The first kappa shape index (κ1) is 33.3. The van der Waals surface area contributed by atoms with E-state index in [0.29, 0.717) is 13.2 Å². The zero-order valence-corrected chi connectivity index (χ0v) is 26.6. The van der Waals surface area contributed by atoms with E-state index in [1.54, 1.807) is 34.8 Å². The lowest BCUT2D eigenvalue weighted by Crippen LogP contribution is -2.54. The van der Waals surface area contributed by atoms with Gasteiger partial charge in [0.05, 0.1) is 18.4 Å². The minimum atomic E-state index is -0.728. The predicted molar refractivity (Wildman–Crippen MR) is 167 cm³/mol. The molecule has 240 valence electrons. The number of amides is 3. The summed E-state index contributed by atoms with van der Waals surface area (Å²) in [6.45, 7) is 8.05. The summed E-state index contributed by atoms with van der Waals surface area (Å²) in [5.41, 5.74) is 0.729. The average molecular weight is 610 g/mol. The number of nitrogens with one attached hydrogen (secondary N) is 2. The second kappa shape index (κ2) is 14.4. The lowest BCUT2D eigenvalue weighted by atomic mass is 9.69. The van der Waals surface area contributed by atoms with E-state index in [2.05, 4.69) is 22.8 Å². The van der Waals surface area contributed by atoms with E-state index in [0.717, 1.165) is 41.9 Å². The zero-order chi connectivity index (χ0) is 31.9. The molecule has 10 heteroatoms. The summed E-state index contributed by atoms with van der Waals surface area (Å²) in [6.07, 6.45) is 2.20. The summed E-state index contributed by atoms with van der Waals surface area (Å²) in [5, 5.41) is 15.5. The number of para-hydroxylation sites is 2. The van der Waals surface area contributed by atoms with Crippen LogP contribution in [0.4, 0.5) is 4.79 Å². The van der Waals surface area contributed by atoms with Gasteiger partial charge in [0.2, 0.25) is 11.8 Å². The van der Waals surface area contributed by atoms with Crippen LogP contribution in [0, 0.1) is 11.8 Å². The van der Waals surface area contributed by atoms with E-state index in [-0.39, 0.29) is 37.9 Å². The number of benzene rings is 2. The number of hydrogen-bond donors (Lipinski definition) is 3. The Hall–Kier alpha value is -3.63. The number of carbonyl (C=O) groups is 3. The number of aliphatic hydroxyl groups excluding tert-OH is 1. The molecule has 0 bridgehead atoms. The molecule has 2 aromatic carbocycles. The smallest absolute Gasteiger partial charge is 0.410 e. The van der Waals surface area contributed by atoms with Crippen LogP contribution >= 0.6 is 0 Å². The molecule has 2 aliphatic heterocycles. The van der Waals surface area contributed by atoms with Gasteiger partial charge in [0.25, 0.3) is 0 Å². The predicted octanol–water partition coefficient (Wildman–Crippen LogP) is 4.38. The number of likely N-dealkylation sites (tertiary alicyclic amines) is 1. The van der Waals surface area contributed by atoms with Crippen molar-refractivity contribution in [3.63, 3.8) is 0 Å². The van der Waals surface area contributed by atoms with Crippen LogP contribution < -0.4 is 15.4 Å². The molecule has 0 radical (unpaired) electrons. The van der Waals surface area contributed by atoms with Crippen LogP contribution in [0.15, 0.2) is 48.5 Å². The Labute approximate surface area is 260 Å². The number of unbranched alkanes of at least 4 members (excludes halogenated alkanes) is 1. The Morgan fingerprint density at radius 3 is 2.16 bits per heavy atom. The number of carbonyl (C=O) groups excluding carboxylic acids is 3. The Morgan fingerprint density at radius 1 is 1.00 bits per heavy atom. The summed E-state index contributed by atoms with van der Waals surface area (Å²) in [6, 6.07) is 15.4. The average Bonchev–Trinajstić information content (AvgIpc) is 3.00. The van der Waals surface area contributed by atoms with Gasteiger partial charge in [-0.1, -0.05) is 36.4 Å². The third-order valence-corrected chi connectivity index (χ3v) is 8.30. The highest BCUT2D eigenvalue weighted by atomic mass is 16.6. The van der Waals surface area contributed by atoms with E-state index in [9.17, 15) is 19.5 Å². The molecule has 0 aromatic heterocycles. The van der Waals surface area contributed by atoms with Crippen LogP contribution in [0.2, 0.25) is 0 Å². The number of ether oxygens (including phenoxy) is 3. The second-order valence-electron chi connectivity index (χ2n) is 13.0. The molecule has 44 heavy (non-hydrogen) atoms. The molecule has 1 fully saturated rings. The zero-order valence-electron chi connectivity index (χ0n) is 26.6. The van der Waals surface area contributed by atoms with Gasteiger partial charge in [-0.15, -0.1) is 0 Å². The fraction of sp³-hybridized carbons (Fsp3) is 0.559. The van der Waals surface area contributed by atoms with Gasteiger partial charge in [0.15, 0.2) is 0 Å². The summed E-state index contributed by atoms with van der Waals surface area (Å²) in [5.74, 6) is -0.282. The Bertz CT molecular complexity index is 1260. The molecule has 3 atom stereocenters. The lowest BCUT2D eigenvalue weighted by molar-refractivity contribution is -0.132. The lowest BCUT2D eigenvalue weighted by Gasteiger charge is -2.41. The van der Waals surface area contributed by atoms with E-state index >= 15 is 0 Å². The monoisotopic (exact) mass is 609 g/mol. The molecular formula is C34H47N3O7. The minimum Gasteiger partial charge on any atom is -0.457 e. The molecule has 10 nitrogen and oxygen atoms in total. The molecule has 3 N–H and O–H groups in total. The maximum Gasteiger partial charge on any atom is 0.410 e. The molecule has 0 aliphatic carbocycles. The van der Waals surface area contributed by atoms with Crippen molar-refractivity contribution in [3.8, 4) is 11.5 Å². The largest absolute Gasteiger partial charge is 0.457 e. The van der Waals surface area contributed by atoms with Gasteiger partial charge in [-0.05, 0) is 65.5 Å². The number of rotatable bonds is 11. The molecule has 2 aromatic rings. The van der Waals surface area contributed by atoms with Crippen LogP contribution in [-0.2, 0) is 24.5 Å². The normalized spacial score (nSPS) is 19.5. The molecular weight excluding hydrogens is 562 g/mol. The van der Waals surface area contributed by atoms with Gasteiger partial charge in [0.1, 0.15) is 17.1 Å². The second-order valence-corrected chi connectivity index (χ2v) is 13.0. The minimum absolute atomic E-state index is 0.129. The number of methoxy groups -OCH3 is 1. The molecule has 0 saturated carbocycles. The van der Waals surface area contributed by atoms with E-state index in [4.69, 9.17) is 14.2 Å². The van der Waals surface area contributed by atoms with Crippen LogP contribution in [0.1, 0.15) is 64.5 Å². The van der Waals surface area contributed by atoms with Crippen molar-refractivity contribution >= 4 is 17.9 Å². The van der Waals surface area contributed by atoms with Gasteiger partial charge in [0, 0.05) is 55.9 Å². The number of hydrogen-bond acceptors (Lipinski definition) is 7. The number of nitrogens with zero attached hydrogens (tertiary/aromatic N) is 1. The molecule has 3 amide bonds. The van der Waals surface area contributed by atoms with Crippen molar-refractivity contribution in [1.29, 1.82) is 0 Å². The number of piperidine rings is 1. The van der Waals surface area contributed by atoms with E-state index in [1.165, 1.54) is 4.90 Å². The quantitative estimate of drug-likeness (QED) is 0.323. The van der Waals surface area contributed by atoms with Gasteiger partial charge >= 0.3 is 6.09 Å². The number of fused-ring (bicyclic) bond motifs is 2. The SMILES string of the molecule is COCCCCC1(CNC(=O)[C@H]2C[C@@H](C(=O)N[C@@H](C)CO)CN(C(=O)OC(C)(C)C)C2)c2ccccc2Oc2ccccc21. The standard InChI is InChI=1S/C34H47N3O7/c1-23(21-38)36-31(40)25-18-24(19-37(20-25)32(41)44-33(2,3)4)30(39)35-22-34(16-10-11-17-42-5)26-12-6-8-14-28(26)43-29-15-9-7-13-27(29)34/h6-9,12-15,23-25,38H,10-11,16-22H2,1-5H3,(H,35,39)(H,36,40)/t23-,24-,25+/m0/s1. The van der Waals surface area contributed by atoms with Gasteiger partial charge in [-0.25, -0.2) is 4.79 Å². The van der Waals surface area contributed by atoms with Gasteiger partial charge < -0.3 is 34.9 Å².